The number of carboxylic acids is 1. The van der Waals surface area contributed by atoms with Crippen LogP contribution in [0.5, 0.6) is 0 Å². The van der Waals surface area contributed by atoms with Crippen LogP contribution in [0.1, 0.15) is 16.1 Å². The molecule has 2 N–H and O–H groups in total. The van der Waals surface area contributed by atoms with E-state index >= 15 is 0 Å². The second kappa shape index (κ2) is 7.47. The molecule has 1 aliphatic heterocycles. The number of pyridine rings is 1. The number of furan rings is 1. The van der Waals surface area contributed by atoms with Crippen LogP contribution in [0.2, 0.25) is 0 Å². The number of rotatable bonds is 4. The van der Waals surface area contributed by atoms with Crippen LogP contribution in [-0.2, 0) is 9.59 Å². The Labute approximate surface area is 169 Å². The molecule has 3 heterocycles. The highest BCUT2D eigenvalue weighted by molar-refractivity contribution is 6.39. The Hall–Kier alpha value is -4.53. The van der Waals surface area contributed by atoms with E-state index in [0.717, 1.165) is 4.90 Å². The van der Waals surface area contributed by atoms with Gasteiger partial charge in [-0.25, -0.2) is 14.5 Å². The van der Waals surface area contributed by atoms with E-state index in [1.165, 1.54) is 48.8 Å². The number of aromatic nitrogens is 1. The molecule has 0 saturated carbocycles. The smallest absolute Gasteiger partial charge is 0.335 e. The second-order valence-electron chi connectivity index (χ2n) is 6.25. The van der Waals surface area contributed by atoms with Crippen LogP contribution in [-0.4, -0.2) is 33.9 Å². The highest BCUT2D eigenvalue weighted by Gasteiger charge is 2.37. The van der Waals surface area contributed by atoms with Gasteiger partial charge in [0.2, 0.25) is 0 Å². The fraction of sp³-hybridized carbons (Fsp3) is 0. The maximum atomic E-state index is 12.8. The lowest BCUT2D eigenvalue weighted by atomic mass is 10.1. The standard InChI is InChI=1S/C21H13N3O6/c25-18-16(19(26)24(21(29)23-18)14-6-8-22-9-7-14)11-15-4-5-17(30-15)12-2-1-3-13(10-12)20(27)28/h1-11H,(H,27,28)(H,23,25,29)/b16-11-. The largest absolute Gasteiger partial charge is 0.478 e. The van der Waals surface area contributed by atoms with Crippen LogP contribution in [0.15, 0.2) is 70.9 Å². The molecule has 4 rings (SSSR count). The van der Waals surface area contributed by atoms with Gasteiger partial charge in [-0.3, -0.25) is 19.9 Å². The molecule has 0 unspecified atom stereocenters. The van der Waals surface area contributed by atoms with E-state index in [2.05, 4.69) is 10.3 Å². The first-order chi connectivity index (χ1) is 14.4. The van der Waals surface area contributed by atoms with Gasteiger partial charge in [-0.15, -0.1) is 0 Å². The molecule has 0 bridgehead atoms. The van der Waals surface area contributed by atoms with Crippen LogP contribution in [0.4, 0.5) is 10.5 Å². The van der Waals surface area contributed by atoms with E-state index < -0.39 is 23.8 Å². The summed E-state index contributed by atoms with van der Waals surface area (Å²) in [6, 6.07) is 11.3. The molecule has 148 valence electrons. The maximum Gasteiger partial charge on any atom is 0.335 e. The zero-order valence-electron chi connectivity index (χ0n) is 15.2. The molecule has 9 nitrogen and oxygen atoms in total. The number of nitrogens with one attached hydrogen (secondary N) is 1. The zero-order chi connectivity index (χ0) is 21.3. The van der Waals surface area contributed by atoms with Crippen molar-refractivity contribution in [2.45, 2.75) is 0 Å². The average molecular weight is 403 g/mol. The van der Waals surface area contributed by atoms with Gasteiger partial charge < -0.3 is 9.52 Å². The zero-order valence-corrected chi connectivity index (χ0v) is 15.2. The summed E-state index contributed by atoms with van der Waals surface area (Å²) in [5.74, 6) is -2.18. The van der Waals surface area contributed by atoms with E-state index in [-0.39, 0.29) is 22.6 Å². The molecule has 1 fully saturated rings. The molecule has 1 saturated heterocycles. The number of nitrogens with zero attached hydrogens (tertiary/aromatic N) is 2. The SMILES string of the molecule is O=C1NC(=O)N(c2ccncc2)C(=O)/C1=C\c1ccc(-c2cccc(C(=O)O)c2)o1. The van der Waals surface area contributed by atoms with Crippen molar-refractivity contribution in [2.75, 3.05) is 4.90 Å². The first-order valence-corrected chi connectivity index (χ1v) is 8.69. The fourth-order valence-electron chi connectivity index (χ4n) is 2.92. The van der Waals surface area contributed by atoms with E-state index in [4.69, 9.17) is 9.52 Å². The molecule has 3 aromatic rings. The number of hydrogen-bond donors (Lipinski definition) is 2. The molecule has 0 spiro atoms. The van der Waals surface area contributed by atoms with Crippen LogP contribution >= 0.6 is 0 Å². The minimum absolute atomic E-state index is 0.0946. The number of carbonyl (C=O) groups is 4. The minimum Gasteiger partial charge on any atom is -0.478 e. The topological polar surface area (TPSA) is 130 Å². The van der Waals surface area contributed by atoms with Crippen molar-refractivity contribution in [3.63, 3.8) is 0 Å². The highest BCUT2D eigenvalue weighted by Crippen LogP contribution is 2.26. The van der Waals surface area contributed by atoms with Crippen molar-refractivity contribution in [2.24, 2.45) is 0 Å². The maximum absolute atomic E-state index is 12.8. The Morgan fingerprint density at radius 2 is 1.83 bits per heavy atom. The summed E-state index contributed by atoms with van der Waals surface area (Å²) in [6.45, 7) is 0. The molecule has 0 atom stereocenters. The van der Waals surface area contributed by atoms with Crippen LogP contribution in [0.3, 0.4) is 0 Å². The van der Waals surface area contributed by atoms with Gasteiger partial charge >= 0.3 is 12.0 Å². The number of imide groups is 2. The molecule has 0 aliphatic carbocycles. The lowest BCUT2D eigenvalue weighted by Gasteiger charge is -2.25. The molecule has 1 aromatic carbocycles. The van der Waals surface area contributed by atoms with Gasteiger partial charge in [0.1, 0.15) is 17.1 Å². The lowest BCUT2D eigenvalue weighted by Crippen LogP contribution is -2.54. The summed E-state index contributed by atoms with van der Waals surface area (Å²) in [5.41, 5.74) is 0.591. The summed E-state index contributed by atoms with van der Waals surface area (Å²) in [5, 5.41) is 11.2. The normalized spacial score (nSPS) is 15.4. The van der Waals surface area contributed by atoms with Crippen molar-refractivity contribution in [3.8, 4) is 11.3 Å². The Morgan fingerprint density at radius 1 is 1.07 bits per heavy atom. The number of aromatic carboxylic acids is 1. The Balaban J connectivity index is 1.67. The second-order valence-corrected chi connectivity index (χ2v) is 6.25. The third-order valence-electron chi connectivity index (χ3n) is 4.33. The van der Waals surface area contributed by atoms with Crippen molar-refractivity contribution < 1.29 is 28.7 Å². The molecule has 1 aliphatic rings. The predicted octanol–water partition coefficient (Wildman–Crippen LogP) is 2.71. The monoisotopic (exact) mass is 403 g/mol. The van der Waals surface area contributed by atoms with Crippen molar-refractivity contribution >= 4 is 35.6 Å². The lowest BCUT2D eigenvalue weighted by molar-refractivity contribution is -0.122. The number of urea groups is 1. The number of anilines is 1. The van der Waals surface area contributed by atoms with Gasteiger partial charge in [0.05, 0.1) is 11.3 Å². The van der Waals surface area contributed by atoms with E-state index in [1.807, 2.05) is 0 Å². The van der Waals surface area contributed by atoms with Crippen LogP contribution < -0.4 is 10.2 Å². The summed E-state index contributed by atoms with van der Waals surface area (Å²) in [6.07, 6.45) is 4.06. The van der Waals surface area contributed by atoms with E-state index in [1.54, 1.807) is 18.2 Å². The summed E-state index contributed by atoms with van der Waals surface area (Å²) in [4.78, 5) is 53.0. The Kier molecular flexibility index (Phi) is 4.69. The summed E-state index contributed by atoms with van der Waals surface area (Å²) >= 11 is 0. The van der Waals surface area contributed by atoms with Gasteiger partial charge in [-0.1, -0.05) is 12.1 Å². The minimum atomic E-state index is -1.07. The molecular formula is C21H13N3O6. The van der Waals surface area contributed by atoms with Crippen LogP contribution in [0, 0.1) is 0 Å². The van der Waals surface area contributed by atoms with Gasteiger partial charge in [-0.2, -0.15) is 0 Å². The van der Waals surface area contributed by atoms with E-state index in [0.29, 0.717) is 11.3 Å². The average Bonchev–Trinajstić information content (AvgIpc) is 3.21. The molecule has 9 heteroatoms. The van der Waals surface area contributed by atoms with E-state index in [9.17, 15) is 19.2 Å². The third-order valence-corrected chi connectivity index (χ3v) is 4.33. The van der Waals surface area contributed by atoms with Gasteiger partial charge in [0.15, 0.2) is 0 Å². The van der Waals surface area contributed by atoms with Crippen LogP contribution in [0.25, 0.3) is 17.4 Å². The van der Waals surface area contributed by atoms with Crippen molar-refractivity contribution in [1.29, 1.82) is 0 Å². The number of carboxylic acid groups (broad SMARTS) is 1. The number of hydrogen-bond acceptors (Lipinski definition) is 6. The number of carbonyl (C=O) groups excluding carboxylic acids is 3. The Morgan fingerprint density at radius 3 is 2.57 bits per heavy atom. The Bertz CT molecular complexity index is 1210. The molecular weight excluding hydrogens is 390 g/mol. The van der Waals surface area contributed by atoms with Crippen molar-refractivity contribution in [3.05, 3.63) is 77.8 Å². The predicted molar refractivity (Wildman–Crippen MR) is 104 cm³/mol. The summed E-state index contributed by atoms with van der Waals surface area (Å²) < 4.78 is 5.66. The quantitative estimate of drug-likeness (QED) is 0.506. The number of barbiturate groups is 1. The third kappa shape index (κ3) is 3.47. The van der Waals surface area contributed by atoms with Gasteiger partial charge in [0, 0.05) is 18.0 Å². The van der Waals surface area contributed by atoms with Crippen molar-refractivity contribution in [1.82, 2.24) is 10.3 Å². The van der Waals surface area contributed by atoms with Gasteiger partial charge in [0.25, 0.3) is 11.8 Å². The fourth-order valence-corrected chi connectivity index (χ4v) is 2.92. The van der Waals surface area contributed by atoms with Gasteiger partial charge in [-0.05, 0) is 42.5 Å². The summed E-state index contributed by atoms with van der Waals surface area (Å²) in [7, 11) is 0. The molecule has 30 heavy (non-hydrogen) atoms. The first-order valence-electron chi connectivity index (χ1n) is 8.69. The number of benzene rings is 1. The molecule has 4 amide bonds. The first kappa shape index (κ1) is 18.8. The number of amides is 4. The highest BCUT2D eigenvalue weighted by atomic mass is 16.4. The molecule has 0 radical (unpaired) electrons. The molecule has 2 aromatic heterocycles.